The second-order valence-corrected chi connectivity index (χ2v) is 7.60. The van der Waals surface area contributed by atoms with E-state index in [1.165, 1.54) is 0 Å². The van der Waals surface area contributed by atoms with Crippen molar-refractivity contribution in [2.75, 3.05) is 0 Å². The van der Waals surface area contributed by atoms with E-state index >= 15 is 0 Å². The fourth-order valence-corrected chi connectivity index (χ4v) is 4.27. The van der Waals surface area contributed by atoms with E-state index in [1.807, 2.05) is 20.8 Å². The molecule has 2 rings (SSSR count). The second-order valence-electron chi connectivity index (χ2n) is 7.60. The smallest absolute Gasteiger partial charge is 0.0655 e. The van der Waals surface area contributed by atoms with Gasteiger partial charge in [-0.05, 0) is 70.1 Å². The summed E-state index contributed by atoms with van der Waals surface area (Å²) in [6.07, 6.45) is 3.67. The van der Waals surface area contributed by atoms with Crippen molar-refractivity contribution in [1.82, 2.24) is 0 Å². The Balaban J connectivity index is 2.26. The standard InChI is InChI=1S/C15H28O3/c1-13(2,17)10-5-7-14(3)11(9-10)15(4,18)8-6-12(14)16/h10-12,16-18H,5-9H2,1-4H3/t10-,11+,12+,14-,15+/m1/s1. The van der Waals surface area contributed by atoms with Crippen LogP contribution in [-0.4, -0.2) is 32.6 Å². The Kier molecular flexibility index (Phi) is 3.33. The molecule has 0 amide bonds. The van der Waals surface area contributed by atoms with Crippen molar-refractivity contribution < 1.29 is 15.3 Å². The van der Waals surface area contributed by atoms with E-state index in [0.29, 0.717) is 12.8 Å². The van der Waals surface area contributed by atoms with E-state index < -0.39 is 11.2 Å². The number of hydrogen-bond acceptors (Lipinski definition) is 3. The molecular formula is C15H28O3. The Morgan fingerprint density at radius 3 is 2.28 bits per heavy atom. The molecule has 0 aromatic heterocycles. The fraction of sp³-hybridized carbons (Fsp3) is 1.00. The number of hydrogen-bond donors (Lipinski definition) is 3. The van der Waals surface area contributed by atoms with E-state index in [9.17, 15) is 15.3 Å². The highest BCUT2D eigenvalue weighted by Crippen LogP contribution is 2.56. The average Bonchev–Trinajstić information content (AvgIpc) is 2.23. The van der Waals surface area contributed by atoms with Crippen molar-refractivity contribution in [2.45, 2.75) is 77.1 Å². The second kappa shape index (κ2) is 4.19. The lowest BCUT2D eigenvalue weighted by molar-refractivity contribution is -0.186. The van der Waals surface area contributed by atoms with Crippen molar-refractivity contribution >= 4 is 0 Å². The van der Waals surface area contributed by atoms with Gasteiger partial charge in [-0.2, -0.15) is 0 Å². The molecule has 3 heteroatoms. The Bertz CT molecular complexity index is 318. The molecule has 0 aliphatic heterocycles. The third-order valence-corrected chi connectivity index (χ3v) is 5.78. The first kappa shape index (κ1) is 14.3. The first-order chi connectivity index (χ1) is 8.07. The maximum absolute atomic E-state index is 10.6. The van der Waals surface area contributed by atoms with Gasteiger partial charge in [-0.25, -0.2) is 0 Å². The molecule has 18 heavy (non-hydrogen) atoms. The van der Waals surface area contributed by atoms with E-state index in [-0.39, 0.29) is 23.4 Å². The molecule has 2 saturated carbocycles. The topological polar surface area (TPSA) is 60.7 Å². The average molecular weight is 256 g/mol. The van der Waals surface area contributed by atoms with Gasteiger partial charge in [-0.3, -0.25) is 0 Å². The molecule has 0 radical (unpaired) electrons. The zero-order valence-corrected chi connectivity index (χ0v) is 12.1. The van der Waals surface area contributed by atoms with Gasteiger partial charge >= 0.3 is 0 Å². The highest BCUT2D eigenvalue weighted by molar-refractivity contribution is 5.06. The lowest BCUT2D eigenvalue weighted by Crippen LogP contribution is -2.58. The van der Waals surface area contributed by atoms with Crippen molar-refractivity contribution in [3.8, 4) is 0 Å². The molecule has 0 spiro atoms. The fourth-order valence-electron chi connectivity index (χ4n) is 4.27. The Hall–Kier alpha value is -0.120. The number of fused-ring (bicyclic) bond motifs is 1. The Morgan fingerprint density at radius 2 is 1.72 bits per heavy atom. The molecule has 3 N–H and O–H groups in total. The third-order valence-electron chi connectivity index (χ3n) is 5.78. The molecule has 2 aliphatic carbocycles. The molecule has 0 unspecified atom stereocenters. The van der Waals surface area contributed by atoms with Crippen LogP contribution in [0.1, 0.15) is 59.8 Å². The van der Waals surface area contributed by atoms with Crippen LogP contribution < -0.4 is 0 Å². The summed E-state index contributed by atoms with van der Waals surface area (Å²) >= 11 is 0. The van der Waals surface area contributed by atoms with Crippen LogP contribution in [0.2, 0.25) is 0 Å². The van der Waals surface area contributed by atoms with Crippen LogP contribution in [0, 0.1) is 17.3 Å². The normalized spacial score (nSPS) is 49.8. The Labute approximate surface area is 110 Å². The number of aliphatic hydroxyl groups excluding tert-OH is 1. The minimum atomic E-state index is -0.710. The summed E-state index contributed by atoms with van der Waals surface area (Å²) in [5.74, 6) is 0.297. The van der Waals surface area contributed by atoms with E-state index in [1.54, 1.807) is 0 Å². The van der Waals surface area contributed by atoms with Gasteiger partial charge in [-0.15, -0.1) is 0 Å². The zero-order valence-electron chi connectivity index (χ0n) is 12.1. The first-order valence-corrected chi connectivity index (χ1v) is 7.20. The molecule has 0 saturated heterocycles. The summed E-state index contributed by atoms with van der Waals surface area (Å²) in [6, 6.07) is 0. The monoisotopic (exact) mass is 256 g/mol. The van der Waals surface area contributed by atoms with Crippen molar-refractivity contribution in [3.63, 3.8) is 0 Å². The summed E-state index contributed by atoms with van der Waals surface area (Å²) in [7, 11) is 0. The van der Waals surface area contributed by atoms with Crippen molar-refractivity contribution in [2.24, 2.45) is 17.3 Å². The predicted molar refractivity (Wildman–Crippen MR) is 71.1 cm³/mol. The molecule has 0 aromatic rings. The van der Waals surface area contributed by atoms with Crippen LogP contribution in [0.25, 0.3) is 0 Å². The third kappa shape index (κ3) is 2.21. The van der Waals surface area contributed by atoms with Gasteiger partial charge in [0.05, 0.1) is 17.3 Å². The van der Waals surface area contributed by atoms with Gasteiger partial charge in [0, 0.05) is 0 Å². The highest BCUT2D eigenvalue weighted by Gasteiger charge is 2.56. The first-order valence-electron chi connectivity index (χ1n) is 7.20. The van der Waals surface area contributed by atoms with Gasteiger partial charge in [0.2, 0.25) is 0 Å². The Morgan fingerprint density at radius 1 is 1.11 bits per heavy atom. The summed E-state index contributed by atoms with van der Waals surface area (Å²) in [5, 5.41) is 31.2. The van der Waals surface area contributed by atoms with E-state index in [2.05, 4.69) is 6.92 Å². The molecule has 3 nitrogen and oxygen atoms in total. The van der Waals surface area contributed by atoms with Crippen LogP contribution in [-0.2, 0) is 0 Å². The van der Waals surface area contributed by atoms with Gasteiger partial charge in [-0.1, -0.05) is 6.92 Å². The highest BCUT2D eigenvalue weighted by atomic mass is 16.3. The van der Waals surface area contributed by atoms with Gasteiger partial charge in [0.15, 0.2) is 0 Å². The predicted octanol–water partition coefficient (Wildman–Crippen LogP) is 2.09. The molecule has 0 bridgehead atoms. The maximum atomic E-state index is 10.6. The summed E-state index contributed by atoms with van der Waals surface area (Å²) in [6.45, 7) is 7.72. The minimum absolute atomic E-state index is 0.0823. The molecule has 2 aliphatic rings. The van der Waals surface area contributed by atoms with Crippen LogP contribution >= 0.6 is 0 Å². The minimum Gasteiger partial charge on any atom is -0.393 e. The van der Waals surface area contributed by atoms with Gasteiger partial charge in [0.25, 0.3) is 0 Å². The molecule has 106 valence electrons. The van der Waals surface area contributed by atoms with Crippen LogP contribution in [0.4, 0.5) is 0 Å². The number of rotatable bonds is 1. The van der Waals surface area contributed by atoms with Crippen LogP contribution in [0.3, 0.4) is 0 Å². The summed E-state index contributed by atoms with van der Waals surface area (Å²) in [5.41, 5.74) is -1.60. The lowest BCUT2D eigenvalue weighted by atomic mass is 9.51. The molecule has 0 heterocycles. The SMILES string of the molecule is CC(C)(O)[C@@H]1CC[C@@]2(C)[C@@H](O)CC[C@](C)(O)[C@H]2C1. The van der Waals surface area contributed by atoms with Crippen LogP contribution in [0.5, 0.6) is 0 Å². The molecule has 0 aromatic carbocycles. The lowest BCUT2D eigenvalue weighted by Gasteiger charge is -2.57. The van der Waals surface area contributed by atoms with E-state index in [4.69, 9.17) is 0 Å². The van der Waals surface area contributed by atoms with Crippen molar-refractivity contribution in [1.29, 1.82) is 0 Å². The zero-order chi connectivity index (χ0) is 13.8. The maximum Gasteiger partial charge on any atom is 0.0655 e. The van der Waals surface area contributed by atoms with Gasteiger partial charge in [0.1, 0.15) is 0 Å². The molecule has 5 atom stereocenters. The number of aliphatic hydroxyl groups is 3. The summed E-state index contributed by atoms with van der Waals surface area (Å²) < 4.78 is 0. The van der Waals surface area contributed by atoms with Crippen molar-refractivity contribution in [3.05, 3.63) is 0 Å². The molecule has 2 fully saturated rings. The quantitative estimate of drug-likeness (QED) is 0.673. The molecular weight excluding hydrogens is 228 g/mol. The van der Waals surface area contributed by atoms with Crippen LogP contribution in [0.15, 0.2) is 0 Å². The largest absolute Gasteiger partial charge is 0.393 e. The van der Waals surface area contributed by atoms with Gasteiger partial charge < -0.3 is 15.3 Å². The van der Waals surface area contributed by atoms with E-state index in [0.717, 1.165) is 19.3 Å². The summed E-state index contributed by atoms with van der Waals surface area (Å²) in [4.78, 5) is 0.